The molecule has 0 unspecified atom stereocenters. The van der Waals surface area contributed by atoms with Gasteiger partial charge in [0.2, 0.25) is 11.6 Å². The predicted octanol–water partition coefficient (Wildman–Crippen LogP) is 1.00. The number of rotatable bonds is 4. The van der Waals surface area contributed by atoms with E-state index in [-0.39, 0.29) is 5.56 Å². The van der Waals surface area contributed by atoms with Crippen LogP contribution in [0, 0.1) is 0 Å². The lowest BCUT2D eigenvalue weighted by Gasteiger charge is -1.98. The normalized spacial score (nSPS) is 9.40. The van der Waals surface area contributed by atoms with Gasteiger partial charge < -0.3 is 4.74 Å². The van der Waals surface area contributed by atoms with Crippen molar-refractivity contribution in [2.75, 3.05) is 7.11 Å². The van der Waals surface area contributed by atoms with Crippen molar-refractivity contribution in [3.05, 3.63) is 35.9 Å². The average molecular weight is 206 g/mol. The molecule has 1 aromatic rings. The van der Waals surface area contributed by atoms with Gasteiger partial charge in [-0.3, -0.25) is 14.4 Å². The highest BCUT2D eigenvalue weighted by Crippen LogP contribution is 2.02. The van der Waals surface area contributed by atoms with Gasteiger partial charge in [0, 0.05) is 5.56 Å². The predicted molar refractivity (Wildman–Crippen MR) is 52.4 cm³/mol. The molecular formula is C11H10O4. The van der Waals surface area contributed by atoms with Crippen molar-refractivity contribution in [3.63, 3.8) is 0 Å². The highest BCUT2D eigenvalue weighted by atomic mass is 16.5. The fourth-order valence-corrected chi connectivity index (χ4v) is 1.03. The molecule has 0 aliphatic heterocycles. The molecule has 0 fully saturated rings. The smallest absolute Gasteiger partial charge is 0.313 e. The number of ketones is 2. The topological polar surface area (TPSA) is 60.4 Å². The SMILES string of the molecule is COC(=O)CC(=O)C(=O)c1ccccc1. The Morgan fingerprint density at radius 1 is 1.13 bits per heavy atom. The zero-order valence-corrected chi connectivity index (χ0v) is 8.23. The van der Waals surface area contributed by atoms with E-state index in [1.165, 1.54) is 19.2 Å². The van der Waals surface area contributed by atoms with E-state index in [1.807, 2.05) is 0 Å². The van der Waals surface area contributed by atoms with Gasteiger partial charge in [-0.25, -0.2) is 0 Å². The fourth-order valence-electron chi connectivity index (χ4n) is 1.03. The summed E-state index contributed by atoms with van der Waals surface area (Å²) >= 11 is 0. The van der Waals surface area contributed by atoms with Crippen LogP contribution < -0.4 is 0 Å². The minimum atomic E-state index is -0.756. The van der Waals surface area contributed by atoms with Crippen molar-refractivity contribution >= 4 is 17.5 Å². The number of Topliss-reactive ketones (excluding diaryl/α,β-unsaturated/α-hetero) is 2. The average Bonchev–Trinajstić information content (AvgIpc) is 2.29. The molecule has 0 saturated heterocycles. The zero-order valence-electron chi connectivity index (χ0n) is 8.23. The second-order valence-corrected chi connectivity index (χ2v) is 2.87. The van der Waals surface area contributed by atoms with E-state index in [1.54, 1.807) is 18.2 Å². The molecule has 1 aromatic carbocycles. The molecular weight excluding hydrogens is 196 g/mol. The second kappa shape index (κ2) is 5.05. The van der Waals surface area contributed by atoms with E-state index in [4.69, 9.17) is 0 Å². The lowest BCUT2D eigenvalue weighted by Crippen LogP contribution is -2.18. The first kappa shape index (κ1) is 11.1. The summed E-state index contributed by atoms with van der Waals surface area (Å²) in [6, 6.07) is 8.09. The fraction of sp³-hybridized carbons (Fsp3) is 0.182. The number of hydrogen-bond donors (Lipinski definition) is 0. The monoisotopic (exact) mass is 206 g/mol. The largest absolute Gasteiger partial charge is 0.469 e. The van der Waals surface area contributed by atoms with E-state index >= 15 is 0 Å². The summed E-state index contributed by atoms with van der Waals surface area (Å²) < 4.78 is 4.29. The summed E-state index contributed by atoms with van der Waals surface area (Å²) in [5.41, 5.74) is 0.284. The summed E-state index contributed by atoms with van der Waals surface area (Å²) in [5, 5.41) is 0. The van der Waals surface area contributed by atoms with E-state index in [0.717, 1.165) is 0 Å². The Morgan fingerprint density at radius 2 is 1.73 bits per heavy atom. The van der Waals surface area contributed by atoms with Crippen molar-refractivity contribution in [2.24, 2.45) is 0 Å². The van der Waals surface area contributed by atoms with Crippen LogP contribution in [0.15, 0.2) is 30.3 Å². The van der Waals surface area contributed by atoms with E-state index in [2.05, 4.69) is 4.74 Å². The molecule has 0 bridgehead atoms. The Bertz CT molecular complexity index is 381. The third-order valence-electron chi connectivity index (χ3n) is 1.82. The van der Waals surface area contributed by atoms with Gasteiger partial charge in [0.25, 0.3) is 0 Å². The number of methoxy groups -OCH3 is 1. The van der Waals surface area contributed by atoms with Gasteiger partial charge in [-0.05, 0) is 0 Å². The standard InChI is InChI=1S/C11H10O4/c1-15-10(13)7-9(12)11(14)8-5-3-2-4-6-8/h2-6H,7H2,1H3. The van der Waals surface area contributed by atoms with Gasteiger partial charge in [-0.1, -0.05) is 30.3 Å². The lowest BCUT2D eigenvalue weighted by molar-refractivity contribution is -0.142. The zero-order chi connectivity index (χ0) is 11.3. The van der Waals surface area contributed by atoms with Crippen LogP contribution >= 0.6 is 0 Å². The molecule has 1 rings (SSSR count). The minimum absolute atomic E-state index is 0.284. The maximum atomic E-state index is 11.4. The molecule has 0 amide bonds. The molecule has 0 N–H and O–H groups in total. The highest BCUT2D eigenvalue weighted by Gasteiger charge is 2.19. The minimum Gasteiger partial charge on any atom is -0.469 e. The van der Waals surface area contributed by atoms with Crippen molar-refractivity contribution in [1.82, 2.24) is 0 Å². The number of ether oxygens (including phenoxy) is 1. The molecule has 78 valence electrons. The van der Waals surface area contributed by atoms with Gasteiger partial charge in [0.1, 0.15) is 6.42 Å². The number of benzene rings is 1. The quantitative estimate of drug-likeness (QED) is 0.319. The van der Waals surface area contributed by atoms with Crippen molar-refractivity contribution in [1.29, 1.82) is 0 Å². The van der Waals surface area contributed by atoms with E-state index in [0.29, 0.717) is 0 Å². The van der Waals surface area contributed by atoms with Gasteiger partial charge in [0.05, 0.1) is 7.11 Å². The van der Waals surface area contributed by atoms with Crippen molar-refractivity contribution in [2.45, 2.75) is 6.42 Å². The molecule has 0 aromatic heterocycles. The van der Waals surface area contributed by atoms with Crippen molar-refractivity contribution in [3.8, 4) is 0 Å². The Labute approximate surface area is 86.9 Å². The number of hydrogen-bond acceptors (Lipinski definition) is 4. The summed E-state index contributed by atoms with van der Waals surface area (Å²) in [5.74, 6) is -2.13. The molecule has 15 heavy (non-hydrogen) atoms. The van der Waals surface area contributed by atoms with Crippen LogP contribution in [0.2, 0.25) is 0 Å². The van der Waals surface area contributed by atoms with Crippen LogP contribution in [0.25, 0.3) is 0 Å². The molecule has 0 spiro atoms. The molecule has 4 heteroatoms. The first-order chi connectivity index (χ1) is 7.15. The third kappa shape index (κ3) is 3.02. The second-order valence-electron chi connectivity index (χ2n) is 2.87. The lowest BCUT2D eigenvalue weighted by atomic mass is 10.1. The molecule has 0 atom stereocenters. The maximum Gasteiger partial charge on any atom is 0.313 e. The molecule has 0 aliphatic carbocycles. The van der Waals surface area contributed by atoms with Crippen molar-refractivity contribution < 1.29 is 19.1 Å². The number of esters is 1. The Hall–Kier alpha value is -1.97. The summed E-state index contributed by atoms with van der Waals surface area (Å²) in [4.78, 5) is 33.5. The van der Waals surface area contributed by atoms with Crippen LogP contribution in [0.3, 0.4) is 0 Å². The van der Waals surface area contributed by atoms with Crippen LogP contribution in [0.1, 0.15) is 16.8 Å². The number of carbonyl (C=O) groups is 3. The van der Waals surface area contributed by atoms with Crippen LogP contribution in [-0.2, 0) is 14.3 Å². The summed E-state index contributed by atoms with van der Waals surface area (Å²) in [6.07, 6.45) is -0.510. The molecule has 0 aliphatic rings. The van der Waals surface area contributed by atoms with Gasteiger partial charge in [-0.2, -0.15) is 0 Å². The Morgan fingerprint density at radius 3 is 2.27 bits per heavy atom. The molecule has 0 heterocycles. The van der Waals surface area contributed by atoms with E-state index in [9.17, 15) is 14.4 Å². The van der Waals surface area contributed by atoms with Crippen LogP contribution in [-0.4, -0.2) is 24.6 Å². The first-order valence-corrected chi connectivity index (χ1v) is 4.34. The van der Waals surface area contributed by atoms with Crippen LogP contribution in [0.4, 0.5) is 0 Å². The van der Waals surface area contributed by atoms with Crippen LogP contribution in [0.5, 0.6) is 0 Å². The number of carbonyl (C=O) groups excluding carboxylic acids is 3. The molecule has 0 saturated carbocycles. The molecule has 4 nitrogen and oxygen atoms in total. The third-order valence-corrected chi connectivity index (χ3v) is 1.82. The molecule has 0 radical (unpaired) electrons. The maximum absolute atomic E-state index is 11.4. The van der Waals surface area contributed by atoms with Gasteiger partial charge in [0.15, 0.2) is 0 Å². The first-order valence-electron chi connectivity index (χ1n) is 4.34. The summed E-state index contributed by atoms with van der Waals surface area (Å²) in [7, 11) is 1.17. The Balaban J connectivity index is 2.70. The summed E-state index contributed by atoms with van der Waals surface area (Å²) in [6.45, 7) is 0. The van der Waals surface area contributed by atoms with E-state index < -0.39 is 24.0 Å². The van der Waals surface area contributed by atoms with Gasteiger partial charge in [-0.15, -0.1) is 0 Å². The Kier molecular flexibility index (Phi) is 3.74. The van der Waals surface area contributed by atoms with Gasteiger partial charge >= 0.3 is 5.97 Å². The highest BCUT2D eigenvalue weighted by molar-refractivity contribution is 6.45.